The number of hydrogen-bond donors (Lipinski definition) is 1. The van der Waals surface area contributed by atoms with Crippen LogP contribution < -0.4 is 5.32 Å². The fourth-order valence-corrected chi connectivity index (χ4v) is 3.30. The second kappa shape index (κ2) is 5.99. The molecular formula is C18H20ClN. The zero-order chi connectivity index (χ0) is 13.9. The second-order valence-electron chi connectivity index (χ2n) is 5.69. The van der Waals surface area contributed by atoms with Crippen molar-refractivity contribution in [2.24, 2.45) is 0 Å². The largest absolute Gasteiger partial charge is 0.307 e. The van der Waals surface area contributed by atoms with E-state index in [1.54, 1.807) is 0 Å². The Hall–Kier alpha value is -1.31. The van der Waals surface area contributed by atoms with Crippen molar-refractivity contribution >= 4 is 11.6 Å². The molecule has 1 N–H and O–H groups in total. The van der Waals surface area contributed by atoms with Gasteiger partial charge in [0.2, 0.25) is 0 Å². The van der Waals surface area contributed by atoms with E-state index in [2.05, 4.69) is 54.7 Å². The molecule has 2 heteroatoms. The van der Waals surface area contributed by atoms with Crippen LogP contribution in [-0.2, 0) is 0 Å². The number of hydrogen-bond acceptors (Lipinski definition) is 1. The molecule has 104 valence electrons. The molecule has 0 heterocycles. The van der Waals surface area contributed by atoms with E-state index in [0.29, 0.717) is 18.0 Å². The molecule has 1 atom stereocenters. The van der Waals surface area contributed by atoms with Crippen LogP contribution in [0.25, 0.3) is 0 Å². The molecule has 1 aliphatic rings. The quantitative estimate of drug-likeness (QED) is 0.839. The number of rotatable bonds is 4. The minimum atomic E-state index is 0.411. The summed E-state index contributed by atoms with van der Waals surface area (Å²) in [4.78, 5) is 0. The molecule has 0 aromatic heterocycles. The van der Waals surface area contributed by atoms with Crippen LogP contribution in [0.2, 0.25) is 5.02 Å². The van der Waals surface area contributed by atoms with Crippen LogP contribution in [0.15, 0.2) is 54.6 Å². The molecule has 3 rings (SSSR count). The average Bonchev–Trinajstić information content (AvgIpc) is 2.44. The molecule has 20 heavy (non-hydrogen) atoms. The Kier molecular flexibility index (Phi) is 4.09. The minimum absolute atomic E-state index is 0.411. The zero-order valence-electron chi connectivity index (χ0n) is 11.7. The molecule has 0 aliphatic heterocycles. The molecule has 1 saturated carbocycles. The van der Waals surface area contributed by atoms with Crippen molar-refractivity contribution < 1.29 is 0 Å². The van der Waals surface area contributed by atoms with E-state index in [1.807, 2.05) is 12.1 Å². The summed E-state index contributed by atoms with van der Waals surface area (Å²) < 4.78 is 0. The van der Waals surface area contributed by atoms with E-state index in [1.165, 1.54) is 24.0 Å². The maximum absolute atomic E-state index is 6.26. The number of benzene rings is 2. The van der Waals surface area contributed by atoms with Gasteiger partial charge in [0.05, 0.1) is 0 Å². The molecule has 1 fully saturated rings. The summed E-state index contributed by atoms with van der Waals surface area (Å²) in [7, 11) is 0. The Balaban J connectivity index is 1.55. The fourth-order valence-electron chi connectivity index (χ4n) is 3.01. The molecule has 2 aromatic carbocycles. The maximum atomic E-state index is 6.26. The van der Waals surface area contributed by atoms with Gasteiger partial charge in [0, 0.05) is 17.1 Å². The molecule has 1 nitrogen and oxygen atoms in total. The van der Waals surface area contributed by atoms with Gasteiger partial charge in [0.1, 0.15) is 0 Å². The van der Waals surface area contributed by atoms with Crippen LogP contribution in [-0.4, -0.2) is 6.04 Å². The fraction of sp³-hybridized carbons (Fsp3) is 0.333. The van der Waals surface area contributed by atoms with Crippen LogP contribution in [0.1, 0.15) is 42.9 Å². The van der Waals surface area contributed by atoms with Crippen LogP contribution in [0.5, 0.6) is 0 Å². The topological polar surface area (TPSA) is 12.0 Å². The van der Waals surface area contributed by atoms with Crippen molar-refractivity contribution in [3.05, 3.63) is 70.7 Å². The van der Waals surface area contributed by atoms with Gasteiger partial charge in [-0.2, -0.15) is 0 Å². The third-order valence-electron chi connectivity index (χ3n) is 4.27. The van der Waals surface area contributed by atoms with Gasteiger partial charge in [-0.15, -0.1) is 0 Å². The molecule has 2 aromatic rings. The molecule has 0 amide bonds. The van der Waals surface area contributed by atoms with Crippen LogP contribution in [0, 0.1) is 0 Å². The Morgan fingerprint density at radius 1 is 1.00 bits per heavy atom. The molecular weight excluding hydrogens is 266 g/mol. The third-order valence-corrected chi connectivity index (χ3v) is 4.61. The normalized spacial score (nSPS) is 23.1. The van der Waals surface area contributed by atoms with E-state index in [4.69, 9.17) is 11.6 Å². The minimum Gasteiger partial charge on any atom is -0.307 e. The Morgan fingerprint density at radius 2 is 1.65 bits per heavy atom. The second-order valence-corrected chi connectivity index (χ2v) is 6.09. The Bertz CT molecular complexity index is 561. The van der Waals surface area contributed by atoms with Crippen LogP contribution in [0.3, 0.4) is 0 Å². The van der Waals surface area contributed by atoms with Gasteiger partial charge in [0.15, 0.2) is 0 Å². The van der Waals surface area contributed by atoms with Crippen molar-refractivity contribution in [2.75, 3.05) is 0 Å². The highest BCUT2D eigenvalue weighted by Crippen LogP contribution is 2.40. The third kappa shape index (κ3) is 2.89. The van der Waals surface area contributed by atoms with Crippen molar-refractivity contribution in [2.45, 2.75) is 37.8 Å². The Labute approximate surface area is 126 Å². The summed E-state index contributed by atoms with van der Waals surface area (Å²) in [6.07, 6.45) is 2.36. The molecule has 0 spiro atoms. The summed E-state index contributed by atoms with van der Waals surface area (Å²) >= 11 is 6.26. The summed E-state index contributed by atoms with van der Waals surface area (Å²) in [5.41, 5.74) is 2.66. The lowest BCUT2D eigenvalue weighted by Gasteiger charge is -2.38. The highest BCUT2D eigenvalue weighted by atomic mass is 35.5. The zero-order valence-corrected chi connectivity index (χ0v) is 12.5. The average molecular weight is 286 g/mol. The first kappa shape index (κ1) is 13.7. The highest BCUT2D eigenvalue weighted by Gasteiger charge is 2.32. The van der Waals surface area contributed by atoms with Crippen molar-refractivity contribution in [1.82, 2.24) is 5.32 Å². The van der Waals surface area contributed by atoms with E-state index in [9.17, 15) is 0 Å². The van der Waals surface area contributed by atoms with Gasteiger partial charge in [0.25, 0.3) is 0 Å². The van der Waals surface area contributed by atoms with Crippen LogP contribution in [0.4, 0.5) is 0 Å². The van der Waals surface area contributed by atoms with E-state index >= 15 is 0 Å². The van der Waals surface area contributed by atoms with Gasteiger partial charge in [-0.3, -0.25) is 0 Å². The lowest BCUT2D eigenvalue weighted by molar-refractivity contribution is 0.271. The summed E-state index contributed by atoms with van der Waals surface area (Å²) in [5.74, 6) is 0.615. The first-order chi connectivity index (χ1) is 9.74. The highest BCUT2D eigenvalue weighted by molar-refractivity contribution is 6.31. The van der Waals surface area contributed by atoms with Gasteiger partial charge in [-0.25, -0.2) is 0 Å². The predicted octanol–water partition coefficient (Wildman–Crippen LogP) is 4.94. The van der Waals surface area contributed by atoms with E-state index in [-0.39, 0.29) is 0 Å². The molecule has 1 aliphatic carbocycles. The summed E-state index contributed by atoms with van der Waals surface area (Å²) in [6, 6.07) is 19.9. The first-order valence-electron chi connectivity index (χ1n) is 7.29. The maximum Gasteiger partial charge on any atom is 0.0440 e. The SMILES string of the molecule is CC(NC1CC(c2ccccc2Cl)C1)c1ccccc1. The van der Waals surface area contributed by atoms with Gasteiger partial charge >= 0.3 is 0 Å². The number of nitrogens with one attached hydrogen (secondary N) is 1. The molecule has 1 unspecified atom stereocenters. The Morgan fingerprint density at radius 3 is 2.35 bits per heavy atom. The predicted molar refractivity (Wildman–Crippen MR) is 85.2 cm³/mol. The summed E-state index contributed by atoms with van der Waals surface area (Å²) in [6.45, 7) is 2.23. The first-order valence-corrected chi connectivity index (χ1v) is 7.67. The molecule has 0 radical (unpaired) electrons. The summed E-state index contributed by atoms with van der Waals surface area (Å²) in [5, 5.41) is 4.62. The van der Waals surface area contributed by atoms with Gasteiger partial charge in [-0.05, 0) is 42.9 Å². The van der Waals surface area contributed by atoms with Crippen molar-refractivity contribution in [3.63, 3.8) is 0 Å². The van der Waals surface area contributed by atoms with Crippen molar-refractivity contribution in [3.8, 4) is 0 Å². The molecule has 0 saturated heterocycles. The number of halogens is 1. The van der Waals surface area contributed by atoms with Gasteiger partial charge < -0.3 is 5.32 Å². The van der Waals surface area contributed by atoms with Crippen LogP contribution >= 0.6 is 11.6 Å². The van der Waals surface area contributed by atoms with Gasteiger partial charge in [-0.1, -0.05) is 60.1 Å². The smallest absolute Gasteiger partial charge is 0.0440 e. The van der Waals surface area contributed by atoms with Crippen molar-refractivity contribution in [1.29, 1.82) is 0 Å². The lowest BCUT2D eigenvalue weighted by atomic mass is 9.75. The standard InChI is InChI=1S/C18H20ClN/c1-13(14-7-3-2-4-8-14)20-16-11-15(12-16)17-9-5-6-10-18(17)19/h2-10,13,15-16,20H,11-12H2,1H3. The monoisotopic (exact) mass is 285 g/mol. The lowest BCUT2D eigenvalue weighted by Crippen LogP contribution is -2.41. The molecule has 0 bridgehead atoms. The van der Waals surface area contributed by atoms with E-state index < -0.39 is 0 Å². The van der Waals surface area contributed by atoms with E-state index in [0.717, 1.165) is 5.02 Å².